The summed E-state index contributed by atoms with van der Waals surface area (Å²) < 4.78 is 22.0. The van der Waals surface area contributed by atoms with Gasteiger partial charge in [-0.25, -0.2) is 4.39 Å². The van der Waals surface area contributed by atoms with Crippen LogP contribution in [-0.4, -0.2) is 50.2 Å². The lowest BCUT2D eigenvalue weighted by Gasteiger charge is -2.39. The van der Waals surface area contributed by atoms with Crippen LogP contribution in [0, 0.1) is 15.9 Å². The SMILES string of the molecule is C[N+]1(C[C@@H]2Cn3cc([N+](=O)[O-])nc3O2)CCc2nc(-c3cc(F)ccc3Cl)ccc2C1. The minimum absolute atomic E-state index is 0.0896. The van der Waals surface area contributed by atoms with E-state index >= 15 is 0 Å². The summed E-state index contributed by atoms with van der Waals surface area (Å²) in [5.74, 6) is -0.536. The average Bonchev–Trinajstić information content (AvgIpc) is 3.28. The maximum Gasteiger partial charge on any atom is 0.414 e. The number of quaternary nitrogens is 1. The molecular formula is C21H20ClFN5O3+. The third-order valence-electron chi connectivity index (χ3n) is 5.94. The van der Waals surface area contributed by atoms with E-state index in [1.807, 2.05) is 12.1 Å². The highest BCUT2D eigenvalue weighted by Crippen LogP contribution is 2.32. The van der Waals surface area contributed by atoms with E-state index in [9.17, 15) is 14.5 Å². The molecule has 0 bridgehead atoms. The zero-order chi connectivity index (χ0) is 21.8. The molecule has 0 N–H and O–H groups in total. The van der Waals surface area contributed by atoms with E-state index in [0.29, 0.717) is 28.8 Å². The van der Waals surface area contributed by atoms with Gasteiger partial charge >= 0.3 is 11.8 Å². The van der Waals surface area contributed by atoms with Gasteiger partial charge in [0.15, 0.2) is 6.10 Å². The lowest BCUT2D eigenvalue weighted by molar-refractivity contribution is -0.926. The van der Waals surface area contributed by atoms with E-state index < -0.39 is 4.92 Å². The number of rotatable bonds is 4. The van der Waals surface area contributed by atoms with E-state index in [-0.39, 0.29) is 17.7 Å². The quantitative estimate of drug-likeness (QED) is 0.349. The summed E-state index contributed by atoms with van der Waals surface area (Å²) in [5, 5.41) is 11.3. The van der Waals surface area contributed by atoms with Crippen LogP contribution in [-0.2, 0) is 19.5 Å². The molecule has 3 aromatic rings. The maximum absolute atomic E-state index is 13.7. The molecule has 1 unspecified atom stereocenters. The van der Waals surface area contributed by atoms with Crippen molar-refractivity contribution in [2.75, 3.05) is 20.1 Å². The Morgan fingerprint density at radius 3 is 2.97 bits per heavy atom. The van der Waals surface area contributed by atoms with Crippen molar-refractivity contribution >= 4 is 17.4 Å². The van der Waals surface area contributed by atoms with Gasteiger partial charge in [-0.2, -0.15) is 0 Å². The third-order valence-corrected chi connectivity index (χ3v) is 6.27. The zero-order valence-corrected chi connectivity index (χ0v) is 17.5. The van der Waals surface area contributed by atoms with Crippen molar-refractivity contribution in [3.05, 3.63) is 68.7 Å². The van der Waals surface area contributed by atoms with Crippen LogP contribution in [0.25, 0.3) is 11.3 Å². The molecule has 10 heteroatoms. The van der Waals surface area contributed by atoms with Gasteiger partial charge in [-0.15, -0.1) is 0 Å². The molecule has 4 heterocycles. The Morgan fingerprint density at radius 1 is 1.35 bits per heavy atom. The molecule has 0 fully saturated rings. The van der Waals surface area contributed by atoms with Crippen molar-refractivity contribution in [2.45, 2.75) is 25.6 Å². The second-order valence-corrected chi connectivity index (χ2v) is 8.80. The number of nitro groups is 1. The first-order valence-electron chi connectivity index (χ1n) is 9.96. The Kier molecular flexibility index (Phi) is 4.67. The van der Waals surface area contributed by atoms with Crippen molar-refractivity contribution in [1.29, 1.82) is 0 Å². The standard InChI is InChI=1S/C21H20ClFN5O3/c1-28(12-15-9-26-10-20(27(29)30)25-21(26)31-15)7-6-18-13(11-28)2-5-19(24-18)16-8-14(23)3-4-17(16)22/h2-5,8,10,15H,6-7,9,11-12H2,1H3/q+1/t15-,28?/m0/s1. The summed E-state index contributed by atoms with van der Waals surface area (Å²) in [6.07, 6.45) is 2.12. The fourth-order valence-electron chi connectivity index (χ4n) is 4.45. The summed E-state index contributed by atoms with van der Waals surface area (Å²) in [6.45, 7) is 2.98. The molecule has 2 aliphatic rings. The predicted octanol–water partition coefficient (Wildman–Crippen LogP) is 3.61. The summed E-state index contributed by atoms with van der Waals surface area (Å²) in [5.41, 5.74) is 3.42. The van der Waals surface area contributed by atoms with Gasteiger partial charge in [0.25, 0.3) is 0 Å². The number of benzene rings is 1. The molecule has 5 rings (SSSR count). The number of ether oxygens (including phenoxy) is 1. The number of hydrogen-bond donors (Lipinski definition) is 0. The van der Waals surface area contributed by atoms with Crippen molar-refractivity contribution < 1.29 is 18.5 Å². The number of nitrogens with zero attached hydrogens (tertiary/aromatic N) is 5. The van der Waals surface area contributed by atoms with Crippen LogP contribution in [0.4, 0.5) is 10.2 Å². The Labute approximate surface area is 182 Å². The van der Waals surface area contributed by atoms with Gasteiger partial charge in [0.2, 0.25) is 0 Å². The summed E-state index contributed by atoms with van der Waals surface area (Å²) in [6, 6.07) is 8.52. The molecule has 31 heavy (non-hydrogen) atoms. The average molecular weight is 445 g/mol. The van der Waals surface area contributed by atoms with Gasteiger partial charge in [-0.1, -0.05) is 11.6 Å². The van der Waals surface area contributed by atoms with Gasteiger partial charge in [0, 0.05) is 22.5 Å². The number of imidazole rings is 1. The van der Waals surface area contributed by atoms with E-state index in [4.69, 9.17) is 21.3 Å². The van der Waals surface area contributed by atoms with Gasteiger partial charge in [0.05, 0.1) is 36.5 Å². The molecule has 0 spiro atoms. The number of likely N-dealkylation sites (N-methyl/N-ethyl adjacent to an activating group) is 1. The molecule has 0 amide bonds. The van der Waals surface area contributed by atoms with Crippen LogP contribution in [0.5, 0.6) is 6.01 Å². The number of fused-ring (bicyclic) bond motifs is 2. The Balaban J connectivity index is 1.30. The number of halogens is 2. The van der Waals surface area contributed by atoms with Crippen molar-refractivity contribution in [1.82, 2.24) is 14.5 Å². The molecule has 8 nitrogen and oxygen atoms in total. The van der Waals surface area contributed by atoms with Crippen molar-refractivity contribution in [3.8, 4) is 17.3 Å². The lowest BCUT2D eigenvalue weighted by atomic mass is 10.0. The first kappa shape index (κ1) is 19.9. The number of aromatic nitrogens is 3. The molecule has 2 aliphatic heterocycles. The van der Waals surface area contributed by atoms with Crippen LogP contribution >= 0.6 is 11.6 Å². The highest BCUT2D eigenvalue weighted by atomic mass is 35.5. The minimum Gasteiger partial charge on any atom is -0.435 e. The monoisotopic (exact) mass is 444 g/mol. The first-order chi connectivity index (χ1) is 14.8. The van der Waals surface area contributed by atoms with E-state index in [0.717, 1.165) is 41.8 Å². The molecule has 2 aromatic heterocycles. The Hall–Kier alpha value is -3.04. The topological polar surface area (TPSA) is 83.1 Å². The fraction of sp³-hybridized carbons (Fsp3) is 0.333. The van der Waals surface area contributed by atoms with E-state index in [1.165, 1.54) is 18.3 Å². The van der Waals surface area contributed by atoms with E-state index in [1.54, 1.807) is 10.6 Å². The van der Waals surface area contributed by atoms with Gasteiger partial charge in [-0.3, -0.25) is 9.55 Å². The lowest BCUT2D eigenvalue weighted by Crippen LogP contribution is -2.52. The van der Waals surface area contributed by atoms with Crippen molar-refractivity contribution in [3.63, 3.8) is 0 Å². The van der Waals surface area contributed by atoms with Crippen LogP contribution in [0.3, 0.4) is 0 Å². The Bertz CT molecular complexity index is 1180. The van der Waals surface area contributed by atoms with E-state index in [2.05, 4.69) is 12.0 Å². The molecule has 1 aromatic carbocycles. The second kappa shape index (κ2) is 7.28. The highest BCUT2D eigenvalue weighted by molar-refractivity contribution is 6.33. The predicted molar refractivity (Wildman–Crippen MR) is 111 cm³/mol. The van der Waals surface area contributed by atoms with Crippen LogP contribution in [0.1, 0.15) is 11.3 Å². The first-order valence-corrected chi connectivity index (χ1v) is 10.3. The molecule has 0 radical (unpaired) electrons. The van der Waals surface area contributed by atoms with Gasteiger partial charge in [0.1, 0.15) is 25.1 Å². The maximum atomic E-state index is 13.7. The molecule has 0 aliphatic carbocycles. The second-order valence-electron chi connectivity index (χ2n) is 8.39. The third kappa shape index (κ3) is 3.75. The minimum atomic E-state index is -0.516. The number of pyridine rings is 1. The molecule has 2 atom stereocenters. The number of hydrogen-bond acceptors (Lipinski definition) is 5. The van der Waals surface area contributed by atoms with Crippen LogP contribution in [0.2, 0.25) is 5.02 Å². The fourth-order valence-corrected chi connectivity index (χ4v) is 4.66. The normalized spacial score (nSPS) is 22.0. The summed E-state index contributed by atoms with van der Waals surface area (Å²) in [7, 11) is 2.17. The molecule has 0 saturated heterocycles. The molecular weight excluding hydrogens is 425 g/mol. The highest BCUT2D eigenvalue weighted by Gasteiger charge is 2.38. The largest absolute Gasteiger partial charge is 0.435 e. The molecule has 0 saturated carbocycles. The smallest absolute Gasteiger partial charge is 0.414 e. The summed E-state index contributed by atoms with van der Waals surface area (Å²) >= 11 is 6.24. The van der Waals surface area contributed by atoms with Crippen molar-refractivity contribution in [2.24, 2.45) is 0 Å². The molecule has 160 valence electrons. The Morgan fingerprint density at radius 2 is 2.19 bits per heavy atom. The van der Waals surface area contributed by atoms with Gasteiger partial charge < -0.3 is 19.3 Å². The summed E-state index contributed by atoms with van der Waals surface area (Å²) in [4.78, 5) is 19.0. The van der Waals surface area contributed by atoms with Gasteiger partial charge in [-0.05, 0) is 35.3 Å². The van der Waals surface area contributed by atoms with Crippen LogP contribution < -0.4 is 4.74 Å². The van der Waals surface area contributed by atoms with Crippen LogP contribution in [0.15, 0.2) is 36.5 Å². The zero-order valence-electron chi connectivity index (χ0n) is 16.8.